The van der Waals surface area contributed by atoms with Crippen molar-refractivity contribution in [3.05, 3.63) is 35.0 Å². The molecule has 3 N–H and O–H groups in total. The molecule has 0 aliphatic carbocycles. The maximum atomic E-state index is 5.95. The lowest BCUT2D eigenvalue weighted by Gasteiger charge is -2.08. The standard InChI is InChI=1S/C12H14ClN3/c1-2-3-9-7-12(16-14)10-6-8(13)4-5-11(10)15-9/h4-7H,2-3,14H2,1H3,(H,15,16). The molecule has 2 aromatic rings. The van der Waals surface area contributed by atoms with Gasteiger partial charge in [0.25, 0.3) is 0 Å². The predicted octanol–water partition coefficient (Wildman–Crippen LogP) is 3.13. The summed E-state index contributed by atoms with van der Waals surface area (Å²) in [5, 5.41) is 1.64. The first-order valence-corrected chi connectivity index (χ1v) is 5.68. The van der Waals surface area contributed by atoms with Crippen molar-refractivity contribution >= 4 is 28.2 Å². The van der Waals surface area contributed by atoms with Crippen LogP contribution in [0.5, 0.6) is 0 Å². The van der Waals surface area contributed by atoms with Gasteiger partial charge in [0, 0.05) is 16.1 Å². The molecule has 84 valence electrons. The first-order chi connectivity index (χ1) is 7.74. The molecule has 16 heavy (non-hydrogen) atoms. The summed E-state index contributed by atoms with van der Waals surface area (Å²) in [7, 11) is 0. The fourth-order valence-electron chi connectivity index (χ4n) is 1.76. The topological polar surface area (TPSA) is 50.9 Å². The minimum atomic E-state index is 0.689. The van der Waals surface area contributed by atoms with Crippen LogP contribution < -0.4 is 11.3 Å². The second-order valence-corrected chi connectivity index (χ2v) is 4.15. The molecule has 1 heterocycles. The Labute approximate surface area is 99.6 Å². The van der Waals surface area contributed by atoms with E-state index in [1.807, 2.05) is 24.3 Å². The van der Waals surface area contributed by atoms with E-state index in [0.29, 0.717) is 5.02 Å². The lowest BCUT2D eigenvalue weighted by atomic mass is 10.1. The zero-order valence-electron chi connectivity index (χ0n) is 9.13. The molecule has 4 heteroatoms. The summed E-state index contributed by atoms with van der Waals surface area (Å²) in [5.41, 5.74) is 5.53. The van der Waals surface area contributed by atoms with E-state index in [0.717, 1.165) is 35.1 Å². The van der Waals surface area contributed by atoms with Crippen LogP contribution in [0.3, 0.4) is 0 Å². The van der Waals surface area contributed by atoms with Gasteiger partial charge in [-0.3, -0.25) is 10.8 Å². The fraction of sp³-hybridized carbons (Fsp3) is 0.250. The van der Waals surface area contributed by atoms with E-state index in [1.54, 1.807) is 0 Å². The van der Waals surface area contributed by atoms with Gasteiger partial charge in [-0.1, -0.05) is 24.9 Å². The highest BCUT2D eigenvalue weighted by Crippen LogP contribution is 2.26. The normalized spacial score (nSPS) is 10.7. The summed E-state index contributed by atoms with van der Waals surface area (Å²) in [6.07, 6.45) is 2.02. The van der Waals surface area contributed by atoms with Gasteiger partial charge in [0.1, 0.15) is 0 Å². The van der Waals surface area contributed by atoms with Crippen LogP contribution in [0.15, 0.2) is 24.3 Å². The van der Waals surface area contributed by atoms with E-state index in [9.17, 15) is 0 Å². The van der Waals surface area contributed by atoms with Gasteiger partial charge >= 0.3 is 0 Å². The van der Waals surface area contributed by atoms with Gasteiger partial charge in [-0.2, -0.15) is 0 Å². The van der Waals surface area contributed by atoms with E-state index >= 15 is 0 Å². The van der Waals surface area contributed by atoms with Gasteiger partial charge in [0.2, 0.25) is 0 Å². The molecule has 3 nitrogen and oxygen atoms in total. The van der Waals surface area contributed by atoms with Gasteiger partial charge in [-0.05, 0) is 30.7 Å². The Bertz CT molecular complexity index is 511. The van der Waals surface area contributed by atoms with E-state index in [1.165, 1.54) is 0 Å². The van der Waals surface area contributed by atoms with Crippen LogP contribution in [0.2, 0.25) is 5.02 Å². The minimum Gasteiger partial charge on any atom is -0.323 e. The molecule has 0 unspecified atom stereocenters. The van der Waals surface area contributed by atoms with Crippen molar-refractivity contribution in [3.8, 4) is 0 Å². The Morgan fingerprint density at radius 3 is 2.88 bits per heavy atom. The van der Waals surface area contributed by atoms with Crippen molar-refractivity contribution in [2.45, 2.75) is 19.8 Å². The molecule has 0 atom stereocenters. The van der Waals surface area contributed by atoms with Gasteiger partial charge in [0.15, 0.2) is 0 Å². The van der Waals surface area contributed by atoms with E-state index < -0.39 is 0 Å². The number of hydrogen-bond donors (Lipinski definition) is 2. The summed E-state index contributed by atoms with van der Waals surface area (Å²) in [5.74, 6) is 5.51. The summed E-state index contributed by atoms with van der Waals surface area (Å²) in [4.78, 5) is 4.56. The number of aryl methyl sites for hydroxylation is 1. The first kappa shape index (κ1) is 11.2. The summed E-state index contributed by atoms with van der Waals surface area (Å²) < 4.78 is 0. The molecule has 0 fully saturated rings. The zero-order valence-corrected chi connectivity index (χ0v) is 9.88. The van der Waals surface area contributed by atoms with Gasteiger partial charge < -0.3 is 5.43 Å². The highest BCUT2D eigenvalue weighted by molar-refractivity contribution is 6.31. The maximum absolute atomic E-state index is 5.95. The van der Waals surface area contributed by atoms with Crippen LogP contribution in [-0.2, 0) is 6.42 Å². The van der Waals surface area contributed by atoms with Gasteiger partial charge in [-0.25, -0.2) is 0 Å². The molecule has 0 aliphatic heterocycles. The molecular weight excluding hydrogens is 222 g/mol. The largest absolute Gasteiger partial charge is 0.323 e. The third-order valence-electron chi connectivity index (χ3n) is 2.49. The first-order valence-electron chi connectivity index (χ1n) is 5.30. The van der Waals surface area contributed by atoms with Crippen LogP contribution in [0, 0.1) is 0 Å². The molecule has 0 bridgehead atoms. The molecular formula is C12H14ClN3. The Hall–Kier alpha value is -1.32. The summed E-state index contributed by atoms with van der Waals surface area (Å²) in [6.45, 7) is 2.13. The highest BCUT2D eigenvalue weighted by atomic mass is 35.5. The van der Waals surface area contributed by atoms with Crippen molar-refractivity contribution in [1.82, 2.24) is 4.98 Å². The number of pyridine rings is 1. The van der Waals surface area contributed by atoms with Crippen LogP contribution >= 0.6 is 11.6 Å². The molecule has 0 spiro atoms. The number of rotatable bonds is 3. The number of aromatic nitrogens is 1. The monoisotopic (exact) mass is 235 g/mol. The molecule has 0 aliphatic rings. The number of hydrazine groups is 1. The van der Waals surface area contributed by atoms with Gasteiger partial charge in [-0.15, -0.1) is 0 Å². The second kappa shape index (κ2) is 4.68. The van der Waals surface area contributed by atoms with E-state index in [2.05, 4.69) is 17.3 Å². The number of nitrogens with two attached hydrogens (primary N) is 1. The number of benzene rings is 1. The SMILES string of the molecule is CCCc1cc(NN)c2cc(Cl)ccc2n1. The molecule has 2 rings (SSSR count). The Morgan fingerprint density at radius 1 is 1.38 bits per heavy atom. The van der Waals surface area contributed by atoms with Crippen LogP contribution in [-0.4, -0.2) is 4.98 Å². The second-order valence-electron chi connectivity index (χ2n) is 3.72. The fourth-order valence-corrected chi connectivity index (χ4v) is 1.93. The molecule has 1 aromatic carbocycles. The van der Waals surface area contributed by atoms with Crippen molar-refractivity contribution in [2.75, 3.05) is 5.43 Å². The number of fused-ring (bicyclic) bond motifs is 1. The van der Waals surface area contributed by atoms with E-state index in [4.69, 9.17) is 17.4 Å². The van der Waals surface area contributed by atoms with Crippen molar-refractivity contribution < 1.29 is 0 Å². The van der Waals surface area contributed by atoms with Crippen molar-refractivity contribution in [1.29, 1.82) is 0 Å². The number of halogens is 1. The third-order valence-corrected chi connectivity index (χ3v) is 2.72. The molecule has 0 saturated carbocycles. The minimum absolute atomic E-state index is 0.689. The average Bonchev–Trinajstić information content (AvgIpc) is 2.29. The lowest BCUT2D eigenvalue weighted by molar-refractivity contribution is 0.890. The Balaban J connectivity index is 2.63. The Morgan fingerprint density at radius 2 is 2.19 bits per heavy atom. The summed E-state index contributed by atoms with van der Waals surface area (Å²) in [6, 6.07) is 7.60. The third kappa shape index (κ3) is 2.10. The number of anilines is 1. The van der Waals surface area contributed by atoms with Gasteiger partial charge in [0.05, 0.1) is 11.2 Å². The molecule has 0 amide bonds. The zero-order chi connectivity index (χ0) is 11.5. The maximum Gasteiger partial charge on any atom is 0.0727 e. The quantitative estimate of drug-likeness (QED) is 0.635. The number of nitrogen functional groups attached to an aromatic ring is 1. The molecule has 0 saturated heterocycles. The van der Waals surface area contributed by atoms with E-state index in [-0.39, 0.29) is 0 Å². The summed E-state index contributed by atoms with van der Waals surface area (Å²) >= 11 is 5.95. The van der Waals surface area contributed by atoms with Crippen LogP contribution in [0.1, 0.15) is 19.0 Å². The molecule has 1 aromatic heterocycles. The highest BCUT2D eigenvalue weighted by Gasteiger charge is 2.05. The van der Waals surface area contributed by atoms with Crippen molar-refractivity contribution in [2.24, 2.45) is 5.84 Å². The lowest BCUT2D eigenvalue weighted by Crippen LogP contribution is -2.08. The number of nitrogens with one attached hydrogen (secondary N) is 1. The smallest absolute Gasteiger partial charge is 0.0727 e. The van der Waals surface area contributed by atoms with Crippen LogP contribution in [0.25, 0.3) is 10.9 Å². The predicted molar refractivity (Wildman–Crippen MR) is 68.6 cm³/mol. The Kier molecular flexibility index (Phi) is 3.27. The number of hydrogen-bond acceptors (Lipinski definition) is 3. The number of nitrogens with zero attached hydrogens (tertiary/aromatic N) is 1. The molecule has 0 radical (unpaired) electrons. The van der Waals surface area contributed by atoms with Crippen LogP contribution in [0.4, 0.5) is 5.69 Å². The average molecular weight is 236 g/mol. The van der Waals surface area contributed by atoms with Crippen molar-refractivity contribution in [3.63, 3.8) is 0 Å².